The maximum Gasteiger partial charge on any atom is 0.436 e. The number of thiocarbonyl (C=S) groups is 1. The Hall–Kier alpha value is -0.830. The number of hydrogen-bond acceptors (Lipinski definition) is 2. The molecule has 0 spiro atoms. The summed E-state index contributed by atoms with van der Waals surface area (Å²) in [4.78, 5) is 0. The van der Waals surface area contributed by atoms with E-state index in [1.807, 2.05) is 6.92 Å². The van der Waals surface area contributed by atoms with E-state index < -0.39 is 11.9 Å². The normalized spacial score (nSPS) is 14.8. The van der Waals surface area contributed by atoms with Crippen molar-refractivity contribution in [1.29, 1.82) is 0 Å². The molecule has 0 aliphatic heterocycles. The van der Waals surface area contributed by atoms with Crippen LogP contribution in [0.2, 0.25) is 0 Å². The molecule has 1 aliphatic carbocycles. The highest BCUT2D eigenvalue weighted by molar-refractivity contribution is 9.10. The summed E-state index contributed by atoms with van der Waals surface area (Å²) in [7, 11) is 0. The highest BCUT2D eigenvalue weighted by atomic mass is 79.9. The molecule has 0 atom stereocenters. The largest absolute Gasteiger partial charge is 0.436 e. The molecule has 1 heterocycles. The molecule has 130 valence electrons. The standard InChI is InChI=1S/C14H20BrF3N4S/c1-2-6-19-13(23)20-7-3-8-22-11(9-4-5-9)10(15)12(21-22)14(16,17)18/h9H,2-8H2,1H3,(H2,19,20,23). The molecule has 0 amide bonds. The van der Waals surface area contributed by atoms with Gasteiger partial charge >= 0.3 is 6.18 Å². The molecule has 0 unspecified atom stereocenters. The van der Waals surface area contributed by atoms with E-state index in [1.54, 1.807) is 0 Å². The molecule has 9 heteroatoms. The van der Waals surface area contributed by atoms with E-state index in [-0.39, 0.29) is 10.4 Å². The van der Waals surface area contributed by atoms with Crippen molar-refractivity contribution in [2.45, 2.75) is 51.2 Å². The fraction of sp³-hybridized carbons (Fsp3) is 0.714. The van der Waals surface area contributed by atoms with Gasteiger partial charge in [-0.1, -0.05) is 6.92 Å². The van der Waals surface area contributed by atoms with Gasteiger partial charge in [0.1, 0.15) is 0 Å². The monoisotopic (exact) mass is 412 g/mol. The molecular formula is C14H20BrF3N4S. The zero-order chi connectivity index (χ0) is 17.0. The first-order valence-corrected chi connectivity index (χ1v) is 8.89. The molecule has 1 aromatic heterocycles. The highest BCUT2D eigenvalue weighted by Crippen LogP contribution is 2.46. The van der Waals surface area contributed by atoms with Crippen molar-refractivity contribution >= 4 is 33.3 Å². The Morgan fingerprint density at radius 1 is 1.35 bits per heavy atom. The topological polar surface area (TPSA) is 41.9 Å². The maximum absolute atomic E-state index is 13.0. The molecule has 1 fully saturated rings. The predicted molar refractivity (Wildman–Crippen MR) is 90.4 cm³/mol. The Balaban J connectivity index is 1.93. The van der Waals surface area contributed by atoms with E-state index in [2.05, 4.69) is 31.7 Å². The van der Waals surface area contributed by atoms with E-state index in [0.29, 0.717) is 30.3 Å². The molecule has 2 N–H and O–H groups in total. The average molecular weight is 413 g/mol. The molecule has 23 heavy (non-hydrogen) atoms. The van der Waals surface area contributed by atoms with Gasteiger partial charge in [0.15, 0.2) is 10.8 Å². The van der Waals surface area contributed by atoms with Crippen LogP contribution in [-0.2, 0) is 12.7 Å². The van der Waals surface area contributed by atoms with Crippen LogP contribution in [0.4, 0.5) is 13.2 Å². The number of aromatic nitrogens is 2. The van der Waals surface area contributed by atoms with Crippen molar-refractivity contribution < 1.29 is 13.2 Å². The lowest BCUT2D eigenvalue weighted by atomic mass is 10.2. The molecule has 0 radical (unpaired) electrons. The molecule has 0 aromatic carbocycles. The van der Waals surface area contributed by atoms with Gasteiger partial charge in [0.2, 0.25) is 0 Å². The second-order valence-electron chi connectivity index (χ2n) is 5.58. The summed E-state index contributed by atoms with van der Waals surface area (Å²) in [6, 6.07) is 0. The van der Waals surface area contributed by atoms with Crippen molar-refractivity contribution in [2.24, 2.45) is 0 Å². The number of rotatable bonds is 7. The van der Waals surface area contributed by atoms with Crippen LogP contribution in [0.15, 0.2) is 4.47 Å². The number of nitrogens with one attached hydrogen (secondary N) is 2. The Morgan fingerprint density at radius 3 is 2.57 bits per heavy atom. The first-order chi connectivity index (χ1) is 10.8. The zero-order valence-corrected chi connectivity index (χ0v) is 15.2. The molecule has 1 aromatic rings. The SMILES string of the molecule is CCCNC(=S)NCCCn1nc(C(F)(F)F)c(Br)c1C1CC1. The van der Waals surface area contributed by atoms with Crippen molar-refractivity contribution in [1.82, 2.24) is 20.4 Å². The summed E-state index contributed by atoms with van der Waals surface area (Å²) < 4.78 is 40.6. The van der Waals surface area contributed by atoms with E-state index in [4.69, 9.17) is 12.2 Å². The molecule has 4 nitrogen and oxygen atoms in total. The smallest absolute Gasteiger partial charge is 0.363 e. The minimum absolute atomic E-state index is 0.0978. The number of aryl methyl sites for hydroxylation is 1. The molecule has 0 saturated heterocycles. The molecule has 2 rings (SSSR count). The molecule has 0 bridgehead atoms. The van der Waals surface area contributed by atoms with Gasteiger partial charge in [-0.25, -0.2) is 0 Å². The first-order valence-electron chi connectivity index (χ1n) is 7.69. The van der Waals surface area contributed by atoms with Gasteiger partial charge in [-0.15, -0.1) is 0 Å². The summed E-state index contributed by atoms with van der Waals surface area (Å²) in [6.45, 7) is 3.88. The lowest BCUT2D eigenvalue weighted by molar-refractivity contribution is -0.142. The minimum Gasteiger partial charge on any atom is -0.363 e. The fourth-order valence-electron chi connectivity index (χ4n) is 2.28. The molecule has 1 aliphatic rings. The van der Waals surface area contributed by atoms with Crippen molar-refractivity contribution in [2.75, 3.05) is 13.1 Å². The van der Waals surface area contributed by atoms with Crippen molar-refractivity contribution in [3.63, 3.8) is 0 Å². The third-order valence-corrected chi connectivity index (χ3v) is 4.60. The van der Waals surface area contributed by atoms with Crippen LogP contribution >= 0.6 is 28.1 Å². The van der Waals surface area contributed by atoms with Crippen LogP contribution in [0, 0.1) is 0 Å². The van der Waals surface area contributed by atoms with Gasteiger partial charge in [0.25, 0.3) is 0 Å². The summed E-state index contributed by atoms with van der Waals surface area (Å²) in [5.74, 6) is 0.188. The van der Waals surface area contributed by atoms with E-state index >= 15 is 0 Å². The third kappa shape index (κ3) is 5.07. The second-order valence-corrected chi connectivity index (χ2v) is 6.78. The zero-order valence-electron chi connectivity index (χ0n) is 12.8. The molecular weight excluding hydrogens is 393 g/mol. The van der Waals surface area contributed by atoms with E-state index in [9.17, 15) is 13.2 Å². The van der Waals surface area contributed by atoms with Crippen LogP contribution in [0.3, 0.4) is 0 Å². The highest BCUT2D eigenvalue weighted by Gasteiger charge is 2.41. The van der Waals surface area contributed by atoms with Crippen molar-refractivity contribution in [3.05, 3.63) is 15.9 Å². The van der Waals surface area contributed by atoms with Crippen LogP contribution in [-0.4, -0.2) is 28.0 Å². The second kappa shape index (κ2) is 7.83. The summed E-state index contributed by atoms with van der Waals surface area (Å²) in [5.41, 5.74) is -0.156. The van der Waals surface area contributed by atoms with Crippen LogP contribution < -0.4 is 10.6 Å². The number of alkyl halides is 3. The van der Waals surface area contributed by atoms with Crippen molar-refractivity contribution in [3.8, 4) is 0 Å². The number of hydrogen-bond donors (Lipinski definition) is 2. The Labute approximate surface area is 147 Å². The van der Waals surface area contributed by atoms with Crippen LogP contribution in [0.1, 0.15) is 49.9 Å². The lowest BCUT2D eigenvalue weighted by Crippen LogP contribution is -2.36. The van der Waals surface area contributed by atoms with E-state index in [1.165, 1.54) is 4.68 Å². The van der Waals surface area contributed by atoms with Gasteiger partial charge in [0.05, 0.1) is 10.2 Å². The number of nitrogens with zero attached hydrogens (tertiary/aromatic N) is 2. The average Bonchev–Trinajstić information content (AvgIpc) is 3.24. The Morgan fingerprint density at radius 2 is 2.00 bits per heavy atom. The van der Waals surface area contributed by atoms with E-state index in [0.717, 1.165) is 25.8 Å². The minimum atomic E-state index is -4.43. The fourth-order valence-corrected chi connectivity index (χ4v) is 3.32. The maximum atomic E-state index is 13.0. The molecule has 1 saturated carbocycles. The van der Waals surface area contributed by atoms with Gasteiger partial charge in [-0.05, 0) is 53.8 Å². The predicted octanol–water partition coefficient (Wildman–Crippen LogP) is 3.81. The number of halogens is 4. The van der Waals surface area contributed by atoms with Gasteiger partial charge in [0, 0.05) is 25.6 Å². The van der Waals surface area contributed by atoms with Gasteiger partial charge in [-0.3, -0.25) is 4.68 Å². The van der Waals surface area contributed by atoms with Crippen LogP contribution in [0.25, 0.3) is 0 Å². The quantitative estimate of drug-likeness (QED) is 0.527. The van der Waals surface area contributed by atoms with Gasteiger partial charge < -0.3 is 10.6 Å². The summed E-state index contributed by atoms with van der Waals surface area (Å²) in [6.07, 6.45) is -0.958. The Bertz CT molecular complexity index is 555. The first kappa shape index (κ1) is 18.5. The third-order valence-electron chi connectivity index (χ3n) is 3.53. The summed E-state index contributed by atoms with van der Waals surface area (Å²) in [5, 5.41) is 10.4. The van der Waals surface area contributed by atoms with Gasteiger partial charge in [-0.2, -0.15) is 18.3 Å². The lowest BCUT2D eigenvalue weighted by Gasteiger charge is -2.10. The van der Waals surface area contributed by atoms with Crippen LogP contribution in [0.5, 0.6) is 0 Å². The summed E-state index contributed by atoms with van der Waals surface area (Å²) >= 11 is 8.19. The Kier molecular flexibility index (Phi) is 6.30.